The Morgan fingerprint density at radius 1 is 1.04 bits per heavy atom. The summed E-state index contributed by atoms with van der Waals surface area (Å²) in [6.45, 7) is 9.56. The average Bonchev–Trinajstić information content (AvgIpc) is 3.80. The van der Waals surface area contributed by atoms with Gasteiger partial charge in [-0.25, -0.2) is 4.79 Å². The van der Waals surface area contributed by atoms with Gasteiger partial charge in [0.1, 0.15) is 30.0 Å². The Hall–Kier alpha value is -4.07. The van der Waals surface area contributed by atoms with Gasteiger partial charge in [0.05, 0.1) is 18.2 Å². The van der Waals surface area contributed by atoms with Gasteiger partial charge >= 0.3 is 11.9 Å². The van der Waals surface area contributed by atoms with Gasteiger partial charge in [-0.05, 0) is 76.7 Å². The van der Waals surface area contributed by atoms with Crippen LogP contribution in [-0.2, 0) is 38.1 Å². The van der Waals surface area contributed by atoms with E-state index in [1.54, 1.807) is 71.3 Å². The van der Waals surface area contributed by atoms with Crippen LogP contribution in [0.25, 0.3) is 6.08 Å². The Morgan fingerprint density at radius 2 is 1.72 bits per heavy atom. The van der Waals surface area contributed by atoms with Gasteiger partial charge < -0.3 is 39.2 Å². The molecule has 2 fully saturated rings. The first-order valence-electron chi connectivity index (χ1n) is 20.8. The predicted molar refractivity (Wildman–Crippen MR) is 216 cm³/mol. The summed E-state index contributed by atoms with van der Waals surface area (Å²) in [4.78, 5) is 69.7. The Kier molecular flexibility index (Phi) is 16.9. The van der Waals surface area contributed by atoms with Crippen molar-refractivity contribution in [1.29, 1.82) is 0 Å². The molecule has 3 amide bonds. The maximum atomic E-state index is 14.4. The minimum Gasteiger partial charge on any atom is -0.460 e. The number of unbranched alkanes of at least 4 members (excludes halogenated alkanes) is 4. The van der Waals surface area contributed by atoms with E-state index >= 15 is 0 Å². The summed E-state index contributed by atoms with van der Waals surface area (Å²) < 4.78 is 25.2. The number of likely N-dealkylation sites (tertiary alicyclic amines) is 1. The zero-order chi connectivity index (χ0) is 41.8. The Bertz CT molecular complexity index is 1600. The summed E-state index contributed by atoms with van der Waals surface area (Å²) in [7, 11) is 3.29. The number of aliphatic hydroxyl groups excluding tert-OH is 1. The molecule has 1 aromatic rings. The third-order valence-corrected chi connectivity index (χ3v) is 10.6. The molecule has 0 spiro atoms. The summed E-state index contributed by atoms with van der Waals surface area (Å²) >= 11 is 0. The lowest BCUT2D eigenvalue weighted by Gasteiger charge is -2.33. The molecule has 13 nitrogen and oxygen atoms in total. The standard InChI is InChI=1S/C44H65N3O10/c1-8-10-14-24-44(25-15-11-9-2)55-36-28-31(27-35(39(36)57-44)54-42(53)33-18-13-12-17-30(33)20-22-37(49)46(6)7)41(52)47-26-16-19-34(47)40(51)45-32(29-48)21-23-38(50)56-43(3,4)5/h12-13,17-18,20,22,28,32,34-36,39,48H,8-11,14-16,19,21,23-27,29H2,1-7H3,(H,45,51)/t32-,34+,35+,36+,39-/m0/s1. The van der Waals surface area contributed by atoms with Crippen LogP contribution in [-0.4, -0.2) is 114 Å². The van der Waals surface area contributed by atoms with E-state index in [9.17, 15) is 29.1 Å². The van der Waals surface area contributed by atoms with E-state index in [2.05, 4.69) is 19.2 Å². The minimum atomic E-state index is -0.902. The molecule has 0 aromatic heterocycles. The van der Waals surface area contributed by atoms with Crippen molar-refractivity contribution in [3.05, 3.63) is 53.1 Å². The summed E-state index contributed by atoms with van der Waals surface area (Å²) in [5, 5.41) is 12.9. The lowest BCUT2D eigenvalue weighted by Crippen LogP contribution is -2.51. The number of hydrogen-bond acceptors (Lipinski definition) is 10. The summed E-state index contributed by atoms with van der Waals surface area (Å²) in [6.07, 6.45) is 11.0. The van der Waals surface area contributed by atoms with Gasteiger partial charge in [0.15, 0.2) is 5.79 Å². The average molecular weight is 796 g/mol. The van der Waals surface area contributed by atoms with Gasteiger partial charge in [-0.2, -0.15) is 0 Å². The van der Waals surface area contributed by atoms with Crippen LogP contribution < -0.4 is 5.32 Å². The fourth-order valence-electron chi connectivity index (χ4n) is 7.59. The molecule has 2 heterocycles. The number of aliphatic hydroxyl groups is 1. The first-order valence-corrected chi connectivity index (χ1v) is 20.8. The molecule has 13 heteroatoms. The number of fused-ring (bicyclic) bond motifs is 1. The molecule has 5 atom stereocenters. The highest BCUT2D eigenvalue weighted by molar-refractivity contribution is 5.99. The van der Waals surface area contributed by atoms with Crippen molar-refractivity contribution in [3.8, 4) is 0 Å². The van der Waals surface area contributed by atoms with E-state index in [4.69, 9.17) is 18.9 Å². The van der Waals surface area contributed by atoms with Gasteiger partial charge in [0.25, 0.3) is 0 Å². The smallest absolute Gasteiger partial charge is 0.339 e. The molecular formula is C44H65N3O10. The SMILES string of the molecule is CCCCCC1(CCCCC)O[C@@H]2[C@@H](C=C(C(=O)N3CCC[C@@H]3C(=O)N[C@H](CO)CCC(=O)OC(C)(C)C)C[C@H]2OC(=O)c2ccccc2C=CC(=O)N(C)C)O1. The molecule has 0 radical (unpaired) electrons. The molecule has 4 rings (SSSR count). The lowest BCUT2D eigenvalue weighted by atomic mass is 9.91. The molecular weight excluding hydrogens is 730 g/mol. The van der Waals surface area contributed by atoms with Gasteiger partial charge in [-0.3, -0.25) is 19.2 Å². The number of ether oxygens (including phenoxy) is 4. The van der Waals surface area contributed by atoms with Gasteiger partial charge in [0, 0.05) is 58.0 Å². The molecule has 2 saturated heterocycles. The van der Waals surface area contributed by atoms with Crippen LogP contribution in [0.5, 0.6) is 0 Å². The van der Waals surface area contributed by atoms with E-state index in [1.807, 2.05) is 0 Å². The molecule has 316 valence electrons. The minimum absolute atomic E-state index is 0.0149. The van der Waals surface area contributed by atoms with Crippen LogP contribution in [0.1, 0.15) is 134 Å². The van der Waals surface area contributed by atoms with E-state index in [1.165, 1.54) is 15.9 Å². The zero-order valence-corrected chi connectivity index (χ0v) is 35.1. The quantitative estimate of drug-likeness (QED) is 0.0985. The van der Waals surface area contributed by atoms with Gasteiger partial charge in [0.2, 0.25) is 17.7 Å². The molecule has 1 aliphatic carbocycles. The summed E-state index contributed by atoms with van der Waals surface area (Å²) in [5.41, 5.74) is 0.481. The van der Waals surface area contributed by atoms with E-state index < -0.39 is 59.6 Å². The predicted octanol–water partition coefficient (Wildman–Crippen LogP) is 5.87. The van der Waals surface area contributed by atoms with Crippen LogP contribution in [0.2, 0.25) is 0 Å². The fourth-order valence-corrected chi connectivity index (χ4v) is 7.59. The van der Waals surface area contributed by atoms with Crippen molar-refractivity contribution in [2.24, 2.45) is 0 Å². The number of hydrogen-bond donors (Lipinski definition) is 2. The van der Waals surface area contributed by atoms with Crippen molar-refractivity contribution >= 4 is 35.7 Å². The van der Waals surface area contributed by atoms with Crippen molar-refractivity contribution in [1.82, 2.24) is 15.1 Å². The van der Waals surface area contributed by atoms with Gasteiger partial charge in [-0.1, -0.05) is 57.7 Å². The second-order valence-corrected chi connectivity index (χ2v) is 16.7. The number of likely N-dealkylation sites (N-methyl/N-ethyl adjacent to an activating group) is 1. The number of rotatable bonds is 19. The highest BCUT2D eigenvalue weighted by Crippen LogP contribution is 2.43. The van der Waals surface area contributed by atoms with Crippen LogP contribution >= 0.6 is 0 Å². The molecule has 0 bridgehead atoms. The van der Waals surface area contributed by atoms with E-state index in [0.717, 1.165) is 38.5 Å². The van der Waals surface area contributed by atoms with Gasteiger partial charge in [-0.15, -0.1) is 0 Å². The first kappa shape index (κ1) is 45.6. The largest absolute Gasteiger partial charge is 0.460 e. The Morgan fingerprint density at radius 3 is 2.35 bits per heavy atom. The zero-order valence-electron chi connectivity index (χ0n) is 35.1. The Labute approximate surface area is 338 Å². The normalized spacial score (nSPS) is 22.1. The van der Waals surface area contributed by atoms with E-state index in [0.29, 0.717) is 43.4 Å². The number of benzene rings is 1. The van der Waals surface area contributed by atoms with E-state index in [-0.39, 0.29) is 43.2 Å². The number of amides is 3. The topological polar surface area (TPSA) is 161 Å². The van der Waals surface area contributed by atoms with Crippen molar-refractivity contribution in [2.45, 2.75) is 160 Å². The number of carbonyl (C=O) groups is 5. The molecule has 1 aromatic carbocycles. The molecule has 2 N–H and O–H groups in total. The number of carbonyl (C=O) groups excluding carboxylic acids is 5. The fraction of sp³-hybridized carbons (Fsp3) is 0.659. The Balaban J connectivity index is 1.59. The van der Waals surface area contributed by atoms with Crippen molar-refractivity contribution in [3.63, 3.8) is 0 Å². The number of nitrogens with one attached hydrogen (secondary N) is 1. The maximum absolute atomic E-state index is 14.4. The molecule has 3 aliphatic rings. The molecule has 57 heavy (non-hydrogen) atoms. The number of nitrogens with zero attached hydrogens (tertiary/aromatic N) is 2. The molecule has 0 saturated carbocycles. The maximum Gasteiger partial charge on any atom is 0.339 e. The highest BCUT2D eigenvalue weighted by Gasteiger charge is 2.53. The van der Waals surface area contributed by atoms with Crippen molar-refractivity contribution < 1.29 is 48.0 Å². The van der Waals surface area contributed by atoms with Crippen LogP contribution in [0, 0.1) is 0 Å². The van der Waals surface area contributed by atoms with Crippen LogP contribution in [0.4, 0.5) is 0 Å². The summed E-state index contributed by atoms with van der Waals surface area (Å²) in [6, 6.07) is 5.37. The summed E-state index contributed by atoms with van der Waals surface area (Å²) in [5.74, 6) is -2.95. The lowest BCUT2D eigenvalue weighted by molar-refractivity contribution is -0.190. The first-order chi connectivity index (χ1) is 27.1. The van der Waals surface area contributed by atoms with Crippen LogP contribution in [0.15, 0.2) is 42.0 Å². The third kappa shape index (κ3) is 13.0. The second-order valence-electron chi connectivity index (χ2n) is 16.7. The number of esters is 2. The third-order valence-electron chi connectivity index (χ3n) is 10.6. The molecule has 0 unspecified atom stereocenters. The second kappa shape index (κ2) is 21.1. The molecule has 2 aliphatic heterocycles. The van der Waals surface area contributed by atoms with Crippen LogP contribution in [0.3, 0.4) is 0 Å². The van der Waals surface area contributed by atoms with Crippen molar-refractivity contribution in [2.75, 3.05) is 27.2 Å². The highest BCUT2D eigenvalue weighted by atomic mass is 16.8. The monoisotopic (exact) mass is 795 g/mol.